The smallest absolute Gasteiger partial charge is 0.178 e. The molecule has 0 saturated carbocycles. The molecule has 2 aromatic rings. The lowest BCUT2D eigenvalue weighted by Gasteiger charge is -2.17. The molecule has 0 fully saturated rings. The number of likely N-dealkylation sites (N-methyl/N-ethyl adjacent to an activating group) is 1. The molecule has 0 saturated heterocycles. The van der Waals surface area contributed by atoms with E-state index in [4.69, 9.17) is 0 Å². The fraction of sp³-hybridized carbons (Fsp3) is 0.467. The van der Waals surface area contributed by atoms with Crippen molar-refractivity contribution in [2.75, 3.05) is 13.1 Å². The monoisotopic (exact) mass is 271 g/mol. The van der Waals surface area contributed by atoms with Crippen LogP contribution in [0.1, 0.15) is 36.7 Å². The summed E-state index contributed by atoms with van der Waals surface area (Å²) in [5, 5.41) is 3.37. The minimum atomic E-state index is 0.398. The second-order valence-electron chi connectivity index (χ2n) is 4.94. The van der Waals surface area contributed by atoms with E-state index in [1.807, 2.05) is 19.9 Å². The van der Waals surface area contributed by atoms with E-state index in [1.54, 1.807) is 6.20 Å². The molecule has 20 heavy (non-hydrogen) atoms. The molecule has 5 nitrogen and oxygen atoms in total. The Labute approximate surface area is 119 Å². The van der Waals surface area contributed by atoms with E-state index in [0.29, 0.717) is 11.7 Å². The van der Waals surface area contributed by atoms with Crippen molar-refractivity contribution >= 4 is 0 Å². The summed E-state index contributed by atoms with van der Waals surface area (Å²) in [6.45, 7) is 10.3. The van der Waals surface area contributed by atoms with Crippen molar-refractivity contribution in [1.82, 2.24) is 25.3 Å². The Balaban J connectivity index is 2.34. The molecule has 2 rings (SSSR count). The maximum atomic E-state index is 4.60. The molecule has 0 aliphatic heterocycles. The van der Waals surface area contributed by atoms with Crippen LogP contribution in [0.3, 0.4) is 0 Å². The van der Waals surface area contributed by atoms with Gasteiger partial charge in [-0.1, -0.05) is 13.8 Å². The van der Waals surface area contributed by atoms with Crippen LogP contribution in [0, 0.1) is 13.8 Å². The summed E-state index contributed by atoms with van der Waals surface area (Å²) in [7, 11) is 0. The van der Waals surface area contributed by atoms with Gasteiger partial charge < -0.3 is 5.32 Å². The molecular weight excluding hydrogens is 250 g/mol. The average molecular weight is 271 g/mol. The Morgan fingerprint density at radius 2 is 1.90 bits per heavy atom. The summed E-state index contributed by atoms with van der Waals surface area (Å²) >= 11 is 0. The second kappa shape index (κ2) is 6.52. The number of hydrogen-bond acceptors (Lipinski definition) is 5. The molecule has 5 heteroatoms. The van der Waals surface area contributed by atoms with Gasteiger partial charge in [0.05, 0.1) is 0 Å². The highest BCUT2D eigenvalue weighted by molar-refractivity contribution is 5.49. The van der Waals surface area contributed by atoms with Gasteiger partial charge in [-0.3, -0.25) is 0 Å². The van der Waals surface area contributed by atoms with Crippen LogP contribution in [0.25, 0.3) is 11.5 Å². The molecule has 2 aromatic heterocycles. The van der Waals surface area contributed by atoms with E-state index in [1.165, 1.54) is 11.9 Å². The first-order valence-corrected chi connectivity index (χ1v) is 6.95. The lowest BCUT2D eigenvalue weighted by atomic mass is 9.98. The van der Waals surface area contributed by atoms with E-state index in [0.717, 1.165) is 30.2 Å². The highest BCUT2D eigenvalue weighted by Crippen LogP contribution is 2.23. The standard InChI is InChI=1S/C15H21N5/c1-5-16-8-10(2)14-11(3)19-15(20-12(14)4)13-6-7-17-9-18-13/h6-7,9-10,16H,5,8H2,1-4H3. The Morgan fingerprint density at radius 1 is 1.20 bits per heavy atom. The Hall–Kier alpha value is -1.88. The predicted octanol–water partition coefficient (Wildman–Crippen LogP) is 2.26. The van der Waals surface area contributed by atoms with E-state index in [9.17, 15) is 0 Å². The summed E-state index contributed by atoms with van der Waals surface area (Å²) in [4.78, 5) is 17.3. The highest BCUT2D eigenvalue weighted by Gasteiger charge is 2.15. The van der Waals surface area contributed by atoms with Gasteiger partial charge in [-0.15, -0.1) is 0 Å². The van der Waals surface area contributed by atoms with Crippen LogP contribution in [-0.2, 0) is 0 Å². The summed E-state index contributed by atoms with van der Waals surface area (Å²) in [5.74, 6) is 1.07. The number of nitrogens with one attached hydrogen (secondary N) is 1. The quantitative estimate of drug-likeness (QED) is 0.903. The van der Waals surface area contributed by atoms with E-state index < -0.39 is 0 Å². The van der Waals surface area contributed by atoms with Crippen molar-refractivity contribution in [3.05, 3.63) is 35.5 Å². The van der Waals surface area contributed by atoms with Gasteiger partial charge in [-0.05, 0) is 37.9 Å². The van der Waals surface area contributed by atoms with Gasteiger partial charge in [-0.25, -0.2) is 19.9 Å². The first kappa shape index (κ1) is 14.5. The maximum Gasteiger partial charge on any atom is 0.178 e. The average Bonchev–Trinajstić information content (AvgIpc) is 2.45. The van der Waals surface area contributed by atoms with Gasteiger partial charge in [0.25, 0.3) is 0 Å². The third kappa shape index (κ3) is 3.17. The molecule has 1 N–H and O–H groups in total. The number of hydrogen-bond donors (Lipinski definition) is 1. The molecule has 0 aromatic carbocycles. The second-order valence-corrected chi connectivity index (χ2v) is 4.94. The molecule has 0 spiro atoms. The number of aryl methyl sites for hydroxylation is 2. The van der Waals surface area contributed by atoms with Crippen molar-refractivity contribution in [3.63, 3.8) is 0 Å². The van der Waals surface area contributed by atoms with Crippen LogP contribution < -0.4 is 5.32 Å². The van der Waals surface area contributed by atoms with Crippen molar-refractivity contribution in [3.8, 4) is 11.5 Å². The van der Waals surface area contributed by atoms with E-state index in [2.05, 4.69) is 39.1 Å². The van der Waals surface area contributed by atoms with Crippen LogP contribution in [0.15, 0.2) is 18.6 Å². The van der Waals surface area contributed by atoms with Crippen molar-refractivity contribution in [2.24, 2.45) is 0 Å². The van der Waals surface area contributed by atoms with E-state index >= 15 is 0 Å². The lowest BCUT2D eigenvalue weighted by molar-refractivity contribution is 0.624. The number of nitrogens with zero attached hydrogens (tertiary/aromatic N) is 4. The normalized spacial score (nSPS) is 12.4. The number of aromatic nitrogens is 4. The molecule has 1 atom stereocenters. The van der Waals surface area contributed by atoms with Gasteiger partial charge in [0, 0.05) is 24.1 Å². The third-order valence-electron chi connectivity index (χ3n) is 3.33. The van der Waals surface area contributed by atoms with Gasteiger partial charge >= 0.3 is 0 Å². The van der Waals surface area contributed by atoms with Crippen molar-refractivity contribution in [1.29, 1.82) is 0 Å². The fourth-order valence-electron chi connectivity index (χ4n) is 2.44. The van der Waals surface area contributed by atoms with Crippen LogP contribution >= 0.6 is 0 Å². The summed E-state index contributed by atoms with van der Waals surface area (Å²) < 4.78 is 0. The highest BCUT2D eigenvalue weighted by atomic mass is 14.9. The van der Waals surface area contributed by atoms with E-state index in [-0.39, 0.29) is 0 Å². The zero-order valence-electron chi connectivity index (χ0n) is 12.5. The van der Waals surface area contributed by atoms with Crippen LogP contribution in [0.2, 0.25) is 0 Å². The summed E-state index contributed by atoms with van der Waals surface area (Å²) in [6.07, 6.45) is 3.23. The predicted molar refractivity (Wildman–Crippen MR) is 79.5 cm³/mol. The van der Waals surface area contributed by atoms with Crippen LogP contribution in [-0.4, -0.2) is 33.0 Å². The third-order valence-corrected chi connectivity index (χ3v) is 3.33. The minimum absolute atomic E-state index is 0.398. The Kier molecular flexibility index (Phi) is 4.74. The number of rotatable bonds is 5. The maximum absolute atomic E-state index is 4.60. The largest absolute Gasteiger partial charge is 0.316 e. The zero-order valence-corrected chi connectivity index (χ0v) is 12.5. The zero-order chi connectivity index (χ0) is 14.5. The van der Waals surface area contributed by atoms with Gasteiger partial charge in [-0.2, -0.15) is 0 Å². The lowest BCUT2D eigenvalue weighted by Crippen LogP contribution is -2.21. The first-order valence-electron chi connectivity index (χ1n) is 6.95. The summed E-state index contributed by atoms with van der Waals surface area (Å²) in [6, 6.07) is 1.83. The fourth-order valence-corrected chi connectivity index (χ4v) is 2.44. The first-order chi connectivity index (χ1) is 9.63. The van der Waals surface area contributed by atoms with Crippen molar-refractivity contribution < 1.29 is 0 Å². The van der Waals surface area contributed by atoms with Crippen LogP contribution in [0.4, 0.5) is 0 Å². The van der Waals surface area contributed by atoms with Gasteiger partial charge in [0.2, 0.25) is 0 Å². The molecule has 0 bridgehead atoms. The molecule has 0 radical (unpaired) electrons. The van der Waals surface area contributed by atoms with Crippen molar-refractivity contribution in [2.45, 2.75) is 33.6 Å². The van der Waals surface area contributed by atoms with Gasteiger partial charge in [0.15, 0.2) is 5.82 Å². The molecule has 0 aliphatic rings. The molecule has 0 aliphatic carbocycles. The molecule has 106 valence electrons. The Morgan fingerprint density at radius 3 is 2.45 bits per heavy atom. The minimum Gasteiger partial charge on any atom is -0.316 e. The molecule has 2 heterocycles. The van der Waals surface area contributed by atoms with Crippen LogP contribution in [0.5, 0.6) is 0 Å². The molecular formula is C15H21N5. The van der Waals surface area contributed by atoms with Gasteiger partial charge in [0.1, 0.15) is 12.0 Å². The molecule has 0 amide bonds. The SMILES string of the molecule is CCNCC(C)c1c(C)nc(-c2ccncn2)nc1C. The topological polar surface area (TPSA) is 63.6 Å². The Bertz CT molecular complexity index is 545. The molecule has 1 unspecified atom stereocenters. The summed E-state index contributed by atoms with van der Waals surface area (Å²) in [5.41, 5.74) is 4.04.